The monoisotopic (exact) mass is 336 g/mol. The van der Waals surface area contributed by atoms with Gasteiger partial charge in [-0.05, 0) is 31.2 Å². The number of hydrogen-bond acceptors (Lipinski definition) is 5. The molecule has 0 aromatic heterocycles. The van der Waals surface area contributed by atoms with Gasteiger partial charge in [0, 0.05) is 0 Å². The molecule has 2 aromatic rings. The third-order valence-electron chi connectivity index (χ3n) is 3.22. The van der Waals surface area contributed by atoms with Crippen LogP contribution in [0.4, 0.5) is 0 Å². The second kappa shape index (κ2) is 6.70. The number of aromatic hydroxyl groups is 1. The first-order valence-corrected chi connectivity index (χ1v) is 8.44. The molecule has 7 heteroatoms. The summed E-state index contributed by atoms with van der Waals surface area (Å²) in [5.74, 6) is -2.16. The van der Waals surface area contributed by atoms with Crippen molar-refractivity contribution in [1.29, 1.82) is 0 Å². The fraction of sp³-hybridized carbons (Fsp3) is 0.188. The number of carboxylic acids is 1. The maximum absolute atomic E-state index is 12.2. The van der Waals surface area contributed by atoms with Gasteiger partial charge in [0.25, 0.3) is 0 Å². The van der Waals surface area contributed by atoms with Gasteiger partial charge in [-0.25, -0.2) is 13.2 Å². The number of carboxylic acid groups (broad SMARTS) is 1. The molecule has 23 heavy (non-hydrogen) atoms. The normalized spacial score (nSPS) is 11.2. The van der Waals surface area contributed by atoms with Gasteiger partial charge in [-0.1, -0.05) is 23.8 Å². The summed E-state index contributed by atoms with van der Waals surface area (Å²) in [5.41, 5.74) is 0.652. The second-order valence-electron chi connectivity index (χ2n) is 4.94. The van der Waals surface area contributed by atoms with Crippen molar-refractivity contribution >= 4 is 15.8 Å². The lowest BCUT2D eigenvalue weighted by atomic mass is 10.2. The van der Waals surface area contributed by atoms with Crippen molar-refractivity contribution in [1.82, 2.24) is 0 Å². The van der Waals surface area contributed by atoms with Crippen LogP contribution in [0.3, 0.4) is 0 Å². The van der Waals surface area contributed by atoms with E-state index in [9.17, 15) is 18.3 Å². The average molecular weight is 336 g/mol. The van der Waals surface area contributed by atoms with Gasteiger partial charge in [0.05, 0.1) is 10.6 Å². The molecule has 0 saturated carbocycles. The standard InChI is InChI=1S/C16H16O6S/c1-11-5-7-12(8-6-11)23(20,21)10-9-22-14-4-2-3-13(15(14)17)16(18)19/h2-8,17H,9-10H2,1H3,(H,18,19). The summed E-state index contributed by atoms with van der Waals surface area (Å²) >= 11 is 0. The molecule has 0 saturated heterocycles. The van der Waals surface area contributed by atoms with E-state index in [2.05, 4.69) is 0 Å². The lowest BCUT2D eigenvalue weighted by molar-refractivity contribution is 0.0693. The topological polar surface area (TPSA) is 101 Å². The Kier molecular flexibility index (Phi) is 4.90. The Morgan fingerprint density at radius 3 is 2.39 bits per heavy atom. The quantitative estimate of drug-likeness (QED) is 0.839. The average Bonchev–Trinajstić information content (AvgIpc) is 2.49. The number of para-hydroxylation sites is 1. The summed E-state index contributed by atoms with van der Waals surface area (Å²) in [5, 5.41) is 18.7. The minimum Gasteiger partial charge on any atom is -0.504 e. The van der Waals surface area contributed by atoms with E-state index < -0.39 is 21.6 Å². The lowest BCUT2D eigenvalue weighted by Crippen LogP contribution is -2.14. The van der Waals surface area contributed by atoms with Crippen molar-refractivity contribution in [2.24, 2.45) is 0 Å². The number of aromatic carboxylic acids is 1. The molecule has 0 aliphatic heterocycles. The third kappa shape index (κ3) is 4.01. The Bertz CT molecular complexity index is 809. The zero-order valence-corrected chi connectivity index (χ0v) is 13.2. The SMILES string of the molecule is Cc1ccc(S(=O)(=O)CCOc2cccc(C(=O)O)c2O)cc1. The lowest BCUT2D eigenvalue weighted by Gasteiger charge is -2.10. The fourth-order valence-corrected chi connectivity index (χ4v) is 3.03. The van der Waals surface area contributed by atoms with Crippen molar-refractivity contribution < 1.29 is 28.2 Å². The summed E-state index contributed by atoms with van der Waals surface area (Å²) < 4.78 is 29.5. The molecule has 2 aromatic carbocycles. The van der Waals surface area contributed by atoms with Gasteiger partial charge in [-0.15, -0.1) is 0 Å². The highest BCUT2D eigenvalue weighted by Crippen LogP contribution is 2.29. The molecule has 122 valence electrons. The van der Waals surface area contributed by atoms with Crippen molar-refractivity contribution in [3.05, 3.63) is 53.6 Å². The Labute approximate surface area is 133 Å². The first-order chi connectivity index (χ1) is 10.8. The van der Waals surface area contributed by atoms with E-state index in [1.807, 2.05) is 6.92 Å². The predicted molar refractivity (Wildman–Crippen MR) is 83.8 cm³/mol. The van der Waals surface area contributed by atoms with Crippen LogP contribution in [-0.2, 0) is 9.84 Å². The van der Waals surface area contributed by atoms with E-state index in [1.165, 1.54) is 30.3 Å². The molecule has 6 nitrogen and oxygen atoms in total. The summed E-state index contributed by atoms with van der Waals surface area (Å²) in [6.45, 7) is 1.66. The molecule has 0 amide bonds. The minimum atomic E-state index is -3.51. The van der Waals surface area contributed by atoms with E-state index in [0.29, 0.717) is 0 Å². The molecule has 0 heterocycles. The maximum Gasteiger partial charge on any atom is 0.339 e. The van der Waals surface area contributed by atoms with Crippen LogP contribution in [0.5, 0.6) is 11.5 Å². The van der Waals surface area contributed by atoms with Crippen molar-refractivity contribution in [2.45, 2.75) is 11.8 Å². The molecule has 0 radical (unpaired) electrons. The van der Waals surface area contributed by atoms with Crippen LogP contribution in [0.2, 0.25) is 0 Å². The number of rotatable bonds is 6. The van der Waals surface area contributed by atoms with Crippen LogP contribution >= 0.6 is 0 Å². The van der Waals surface area contributed by atoms with E-state index in [1.54, 1.807) is 12.1 Å². The van der Waals surface area contributed by atoms with E-state index >= 15 is 0 Å². The molecule has 0 atom stereocenters. The molecule has 0 bridgehead atoms. The number of ether oxygens (including phenoxy) is 1. The van der Waals surface area contributed by atoms with Gasteiger partial charge in [0.2, 0.25) is 0 Å². The van der Waals surface area contributed by atoms with Crippen LogP contribution in [0.15, 0.2) is 47.4 Å². The Morgan fingerprint density at radius 2 is 1.78 bits per heavy atom. The van der Waals surface area contributed by atoms with Gasteiger partial charge in [-0.3, -0.25) is 0 Å². The molecule has 0 fully saturated rings. The Hall–Kier alpha value is -2.54. The minimum absolute atomic E-state index is 0.0657. The zero-order valence-electron chi connectivity index (χ0n) is 12.4. The van der Waals surface area contributed by atoms with Gasteiger partial charge in [0.1, 0.15) is 12.2 Å². The summed E-state index contributed by atoms with van der Waals surface area (Å²) in [6.07, 6.45) is 0. The van der Waals surface area contributed by atoms with Gasteiger partial charge >= 0.3 is 5.97 Å². The van der Waals surface area contributed by atoms with Crippen molar-refractivity contribution in [2.75, 3.05) is 12.4 Å². The van der Waals surface area contributed by atoms with E-state index in [-0.39, 0.29) is 28.6 Å². The number of benzene rings is 2. The number of sulfone groups is 1. The first kappa shape index (κ1) is 16.8. The maximum atomic E-state index is 12.2. The molecule has 0 aliphatic carbocycles. The molecule has 0 spiro atoms. The molecule has 0 aliphatic rings. The van der Waals surface area contributed by atoms with Gasteiger partial charge in [-0.2, -0.15) is 0 Å². The van der Waals surface area contributed by atoms with E-state index in [0.717, 1.165) is 5.56 Å². The Balaban J connectivity index is 2.06. The van der Waals surface area contributed by atoms with Crippen LogP contribution in [-0.4, -0.2) is 37.0 Å². The van der Waals surface area contributed by atoms with Crippen LogP contribution in [0.25, 0.3) is 0 Å². The van der Waals surface area contributed by atoms with Gasteiger partial charge < -0.3 is 14.9 Å². The number of hydrogen-bond donors (Lipinski definition) is 2. The molecular formula is C16H16O6S. The molecule has 2 N–H and O–H groups in total. The van der Waals surface area contributed by atoms with Gasteiger partial charge in [0.15, 0.2) is 21.3 Å². The highest BCUT2D eigenvalue weighted by Gasteiger charge is 2.17. The number of aryl methyl sites for hydroxylation is 1. The third-order valence-corrected chi connectivity index (χ3v) is 4.91. The summed E-state index contributed by atoms with van der Waals surface area (Å²) in [7, 11) is -3.51. The van der Waals surface area contributed by atoms with Crippen LogP contribution in [0.1, 0.15) is 15.9 Å². The molecule has 2 rings (SSSR count). The number of phenols is 1. The molecular weight excluding hydrogens is 320 g/mol. The zero-order chi connectivity index (χ0) is 17.0. The molecule has 0 unspecified atom stereocenters. The first-order valence-electron chi connectivity index (χ1n) is 6.79. The highest BCUT2D eigenvalue weighted by atomic mass is 32.2. The van der Waals surface area contributed by atoms with Crippen LogP contribution < -0.4 is 4.74 Å². The fourth-order valence-electron chi connectivity index (χ4n) is 1.94. The summed E-state index contributed by atoms with van der Waals surface area (Å²) in [6, 6.07) is 10.5. The van der Waals surface area contributed by atoms with Crippen molar-refractivity contribution in [3.63, 3.8) is 0 Å². The smallest absolute Gasteiger partial charge is 0.339 e. The van der Waals surface area contributed by atoms with Crippen LogP contribution in [0, 0.1) is 6.92 Å². The van der Waals surface area contributed by atoms with E-state index in [4.69, 9.17) is 9.84 Å². The largest absolute Gasteiger partial charge is 0.504 e. The second-order valence-corrected chi connectivity index (χ2v) is 7.05. The van der Waals surface area contributed by atoms with Crippen molar-refractivity contribution in [3.8, 4) is 11.5 Å². The highest BCUT2D eigenvalue weighted by molar-refractivity contribution is 7.91. The Morgan fingerprint density at radius 1 is 1.13 bits per heavy atom. The summed E-state index contributed by atoms with van der Waals surface area (Å²) in [4.78, 5) is 11.1. The predicted octanol–water partition coefficient (Wildman–Crippen LogP) is 2.25. The number of carbonyl (C=O) groups is 1.